The summed E-state index contributed by atoms with van der Waals surface area (Å²) in [7, 11) is 0. The molecule has 0 aromatic rings. The molecule has 0 bridgehead atoms. The van der Waals surface area contributed by atoms with Crippen molar-refractivity contribution >= 4 is 11.9 Å². The van der Waals surface area contributed by atoms with Crippen LogP contribution < -0.4 is 0 Å². The average molecular weight is 641 g/mol. The summed E-state index contributed by atoms with van der Waals surface area (Å²) in [6, 6.07) is 0. The SMILES string of the molecule is CC/C=C/C/C=C/C/C=C/C/C=C/CCCCCCCCC(=O)OC(CO)COC(=O)CC/C=C/C/C=C/CCCCCCCC. The van der Waals surface area contributed by atoms with Gasteiger partial charge in [-0.15, -0.1) is 0 Å². The second kappa shape index (κ2) is 36.8. The molecule has 0 aromatic carbocycles. The molecule has 1 N–H and O–H groups in total. The van der Waals surface area contributed by atoms with Crippen LogP contribution in [0.25, 0.3) is 0 Å². The first-order valence-corrected chi connectivity index (χ1v) is 18.5. The molecule has 0 spiro atoms. The highest BCUT2D eigenvalue weighted by molar-refractivity contribution is 5.70. The first kappa shape index (κ1) is 43.3. The lowest BCUT2D eigenvalue weighted by atomic mass is 10.1. The van der Waals surface area contributed by atoms with Crippen molar-refractivity contribution in [2.45, 2.75) is 161 Å². The van der Waals surface area contributed by atoms with E-state index in [1.54, 1.807) is 0 Å². The molecule has 1 unspecified atom stereocenters. The molecule has 0 saturated heterocycles. The predicted octanol–water partition coefficient (Wildman–Crippen LogP) is 11.4. The van der Waals surface area contributed by atoms with Crippen LogP contribution in [0.15, 0.2) is 72.9 Å². The molecule has 0 saturated carbocycles. The fourth-order valence-electron chi connectivity index (χ4n) is 4.71. The van der Waals surface area contributed by atoms with E-state index in [4.69, 9.17) is 9.47 Å². The number of esters is 2. The zero-order valence-corrected chi connectivity index (χ0v) is 29.6. The Labute approximate surface area is 283 Å². The van der Waals surface area contributed by atoms with Crippen LogP contribution in [-0.2, 0) is 19.1 Å². The lowest BCUT2D eigenvalue weighted by Crippen LogP contribution is -2.28. The van der Waals surface area contributed by atoms with Crippen LogP contribution in [0, 0.1) is 0 Å². The maximum absolute atomic E-state index is 12.1. The quantitative estimate of drug-likeness (QED) is 0.0450. The van der Waals surface area contributed by atoms with Crippen LogP contribution in [0.2, 0.25) is 0 Å². The van der Waals surface area contributed by atoms with Crippen LogP contribution >= 0.6 is 0 Å². The molecule has 0 aromatic heterocycles. The number of aliphatic hydroxyl groups is 1. The molecule has 0 fully saturated rings. The van der Waals surface area contributed by atoms with Gasteiger partial charge in [-0.25, -0.2) is 0 Å². The number of hydrogen-bond donors (Lipinski definition) is 1. The number of aliphatic hydroxyl groups excluding tert-OH is 1. The summed E-state index contributed by atoms with van der Waals surface area (Å²) in [4.78, 5) is 24.2. The highest BCUT2D eigenvalue weighted by Gasteiger charge is 2.15. The van der Waals surface area contributed by atoms with Crippen molar-refractivity contribution in [2.24, 2.45) is 0 Å². The van der Waals surface area contributed by atoms with E-state index >= 15 is 0 Å². The summed E-state index contributed by atoms with van der Waals surface area (Å²) in [5.41, 5.74) is 0. The summed E-state index contributed by atoms with van der Waals surface area (Å²) in [6.45, 7) is 3.93. The number of unbranched alkanes of at least 4 members (excludes halogenated alkanes) is 12. The monoisotopic (exact) mass is 641 g/mol. The van der Waals surface area contributed by atoms with E-state index in [-0.39, 0.29) is 31.6 Å². The summed E-state index contributed by atoms with van der Waals surface area (Å²) >= 11 is 0. The molecular weight excluding hydrogens is 572 g/mol. The molecule has 0 rings (SSSR count). The van der Waals surface area contributed by atoms with E-state index in [0.717, 1.165) is 64.2 Å². The lowest BCUT2D eigenvalue weighted by Gasteiger charge is -2.15. The minimum absolute atomic E-state index is 0.106. The van der Waals surface area contributed by atoms with Crippen molar-refractivity contribution in [1.29, 1.82) is 0 Å². The van der Waals surface area contributed by atoms with Crippen LogP contribution in [-0.4, -0.2) is 36.4 Å². The Morgan fingerprint density at radius 3 is 1.50 bits per heavy atom. The molecule has 0 radical (unpaired) electrons. The highest BCUT2D eigenvalue weighted by atomic mass is 16.6. The molecule has 5 heteroatoms. The van der Waals surface area contributed by atoms with Crippen LogP contribution in [0.5, 0.6) is 0 Å². The van der Waals surface area contributed by atoms with Crippen LogP contribution in [0.1, 0.15) is 155 Å². The minimum Gasteiger partial charge on any atom is -0.462 e. The first-order valence-electron chi connectivity index (χ1n) is 18.5. The number of rotatable bonds is 32. The van der Waals surface area contributed by atoms with Gasteiger partial charge in [-0.1, -0.05) is 145 Å². The second-order valence-electron chi connectivity index (χ2n) is 11.9. The van der Waals surface area contributed by atoms with E-state index in [1.807, 2.05) is 6.08 Å². The van der Waals surface area contributed by atoms with E-state index in [2.05, 4.69) is 80.7 Å². The molecular formula is C41H68O5. The zero-order valence-electron chi connectivity index (χ0n) is 29.6. The second-order valence-corrected chi connectivity index (χ2v) is 11.9. The largest absolute Gasteiger partial charge is 0.462 e. The zero-order chi connectivity index (χ0) is 33.6. The van der Waals surface area contributed by atoms with Crippen LogP contribution in [0.4, 0.5) is 0 Å². The maximum atomic E-state index is 12.1. The Bertz CT molecular complexity index is 864. The summed E-state index contributed by atoms with van der Waals surface area (Å²) < 4.78 is 10.5. The third-order valence-corrected chi connectivity index (χ3v) is 7.50. The number of allylic oxidation sites excluding steroid dienone is 12. The molecule has 46 heavy (non-hydrogen) atoms. The number of carbonyl (C=O) groups excluding carboxylic acids is 2. The van der Waals surface area contributed by atoms with E-state index < -0.39 is 6.10 Å². The third-order valence-electron chi connectivity index (χ3n) is 7.50. The molecule has 0 aliphatic carbocycles. The van der Waals surface area contributed by atoms with Crippen molar-refractivity contribution < 1.29 is 24.2 Å². The molecule has 0 aliphatic rings. The number of carbonyl (C=O) groups is 2. The standard InChI is InChI=1S/C41H68O5/c1-3-5-7-9-11-13-15-17-18-19-20-21-22-24-26-28-30-32-34-36-41(44)46-39(37-42)38-45-40(43)35-33-31-29-27-25-23-16-14-12-10-8-6-4-2/h5,7,11,13,17-18,20-21,23,25,29,31,39,42H,3-4,6,8-10,12,14-16,19,22,24,26-28,30,32-38H2,1-2H3/b7-5+,13-11+,18-17+,21-20+,25-23+,31-29+. The fraction of sp³-hybridized carbons (Fsp3) is 0.659. The van der Waals surface area contributed by atoms with Gasteiger partial charge in [-0.3, -0.25) is 9.59 Å². The third kappa shape index (κ3) is 34.2. The fourth-order valence-corrected chi connectivity index (χ4v) is 4.71. The van der Waals surface area contributed by atoms with Crippen molar-refractivity contribution in [3.63, 3.8) is 0 Å². The molecule has 262 valence electrons. The summed E-state index contributed by atoms with van der Waals surface area (Å²) in [5.74, 6) is -0.693. The normalized spacial score (nSPS) is 13.0. The van der Waals surface area contributed by atoms with E-state index in [9.17, 15) is 14.7 Å². The van der Waals surface area contributed by atoms with Gasteiger partial charge in [-0.2, -0.15) is 0 Å². The van der Waals surface area contributed by atoms with Gasteiger partial charge in [0.05, 0.1) is 6.61 Å². The van der Waals surface area contributed by atoms with Crippen molar-refractivity contribution in [3.05, 3.63) is 72.9 Å². The Kier molecular flexibility index (Phi) is 34.7. The molecule has 0 aliphatic heterocycles. The number of ether oxygens (including phenoxy) is 2. The van der Waals surface area contributed by atoms with Gasteiger partial charge in [-0.05, 0) is 70.6 Å². The Morgan fingerprint density at radius 2 is 0.978 bits per heavy atom. The van der Waals surface area contributed by atoms with Gasteiger partial charge in [0.15, 0.2) is 6.10 Å². The predicted molar refractivity (Wildman–Crippen MR) is 196 cm³/mol. The topological polar surface area (TPSA) is 72.8 Å². The summed E-state index contributed by atoms with van der Waals surface area (Å²) in [6.07, 6.45) is 48.2. The lowest BCUT2D eigenvalue weighted by molar-refractivity contribution is -0.161. The smallest absolute Gasteiger partial charge is 0.306 e. The molecule has 0 heterocycles. The molecule has 1 atom stereocenters. The maximum Gasteiger partial charge on any atom is 0.306 e. The van der Waals surface area contributed by atoms with Gasteiger partial charge in [0.2, 0.25) is 0 Å². The van der Waals surface area contributed by atoms with Gasteiger partial charge in [0.1, 0.15) is 6.61 Å². The molecule has 5 nitrogen and oxygen atoms in total. The Hall–Kier alpha value is -2.66. The van der Waals surface area contributed by atoms with Gasteiger partial charge >= 0.3 is 11.9 Å². The Balaban J connectivity index is 3.69. The van der Waals surface area contributed by atoms with Crippen molar-refractivity contribution in [3.8, 4) is 0 Å². The van der Waals surface area contributed by atoms with Gasteiger partial charge < -0.3 is 14.6 Å². The van der Waals surface area contributed by atoms with Gasteiger partial charge in [0, 0.05) is 12.8 Å². The average Bonchev–Trinajstić information content (AvgIpc) is 3.06. The van der Waals surface area contributed by atoms with Crippen LogP contribution in [0.3, 0.4) is 0 Å². The van der Waals surface area contributed by atoms with E-state index in [1.165, 1.54) is 57.8 Å². The summed E-state index contributed by atoms with van der Waals surface area (Å²) in [5, 5.41) is 9.52. The Morgan fingerprint density at radius 1 is 0.522 bits per heavy atom. The van der Waals surface area contributed by atoms with Crippen molar-refractivity contribution in [2.75, 3.05) is 13.2 Å². The van der Waals surface area contributed by atoms with Crippen molar-refractivity contribution in [1.82, 2.24) is 0 Å². The van der Waals surface area contributed by atoms with E-state index in [0.29, 0.717) is 12.8 Å². The highest BCUT2D eigenvalue weighted by Crippen LogP contribution is 2.11. The number of hydrogen-bond acceptors (Lipinski definition) is 5. The van der Waals surface area contributed by atoms with Gasteiger partial charge in [0.25, 0.3) is 0 Å². The molecule has 0 amide bonds. The first-order chi connectivity index (χ1) is 22.6. The minimum atomic E-state index is -0.804.